The summed E-state index contributed by atoms with van der Waals surface area (Å²) in [5, 5.41) is 10.2. The van der Waals surface area contributed by atoms with E-state index in [0.717, 1.165) is 29.3 Å². The third-order valence-electron chi connectivity index (χ3n) is 3.74. The van der Waals surface area contributed by atoms with Crippen LogP contribution >= 0.6 is 0 Å². The largest absolute Gasteiger partial charge is 0.399 e. The summed E-state index contributed by atoms with van der Waals surface area (Å²) in [6, 6.07) is 1.52. The smallest absolute Gasteiger partial charge is 0.248 e. The van der Waals surface area contributed by atoms with Crippen LogP contribution in [0.15, 0.2) is 17.0 Å². The Morgan fingerprint density at radius 3 is 2.24 bits per heavy atom. The number of halogens is 2. The van der Waals surface area contributed by atoms with Gasteiger partial charge in [0.05, 0.1) is 5.60 Å². The van der Waals surface area contributed by atoms with Gasteiger partial charge in [-0.25, -0.2) is 17.2 Å². The lowest BCUT2D eigenvalue weighted by molar-refractivity contribution is 0.0332. The van der Waals surface area contributed by atoms with Crippen LogP contribution in [0.5, 0.6) is 0 Å². The molecule has 0 bridgehead atoms. The third kappa shape index (κ3) is 3.17. The predicted octanol–water partition coefficient (Wildman–Crippen LogP) is 1.47. The molecule has 0 unspecified atom stereocenters. The predicted molar refractivity (Wildman–Crippen MR) is 74.0 cm³/mol. The van der Waals surface area contributed by atoms with Gasteiger partial charge in [0.15, 0.2) is 4.90 Å². The molecule has 3 N–H and O–H groups in total. The number of rotatable bonds is 4. The molecule has 21 heavy (non-hydrogen) atoms. The van der Waals surface area contributed by atoms with Gasteiger partial charge in [-0.05, 0) is 25.0 Å². The third-order valence-corrected chi connectivity index (χ3v) is 5.60. The topological polar surface area (TPSA) is 83.6 Å². The van der Waals surface area contributed by atoms with Crippen LogP contribution in [0.25, 0.3) is 0 Å². The van der Waals surface area contributed by atoms with E-state index in [1.54, 1.807) is 0 Å². The molecule has 0 heterocycles. The minimum Gasteiger partial charge on any atom is -0.399 e. The molecule has 1 fully saturated rings. The Morgan fingerprint density at radius 1 is 1.29 bits per heavy atom. The van der Waals surface area contributed by atoms with Crippen LogP contribution in [0.1, 0.15) is 25.7 Å². The molecule has 1 aliphatic carbocycles. The van der Waals surface area contributed by atoms with E-state index < -0.39 is 32.2 Å². The Kier molecular flexibility index (Phi) is 4.23. The fourth-order valence-corrected chi connectivity index (χ4v) is 4.01. The number of hydrogen-bond acceptors (Lipinski definition) is 4. The van der Waals surface area contributed by atoms with E-state index in [1.165, 1.54) is 7.05 Å². The van der Waals surface area contributed by atoms with Crippen LogP contribution in [0, 0.1) is 11.6 Å². The van der Waals surface area contributed by atoms with E-state index in [0.29, 0.717) is 12.8 Å². The zero-order valence-corrected chi connectivity index (χ0v) is 12.5. The van der Waals surface area contributed by atoms with Crippen LogP contribution in [-0.4, -0.2) is 37.0 Å². The second-order valence-corrected chi connectivity index (χ2v) is 7.49. The fourth-order valence-electron chi connectivity index (χ4n) is 2.67. The highest BCUT2D eigenvalue weighted by Gasteiger charge is 2.37. The molecule has 8 heteroatoms. The molecule has 0 spiro atoms. The summed E-state index contributed by atoms with van der Waals surface area (Å²) in [6.45, 7) is -0.196. The molecule has 1 aromatic carbocycles. The quantitative estimate of drug-likeness (QED) is 0.823. The number of likely N-dealkylation sites (N-methyl/N-ethyl adjacent to an activating group) is 1. The molecule has 0 radical (unpaired) electrons. The van der Waals surface area contributed by atoms with Gasteiger partial charge in [0.25, 0.3) is 0 Å². The van der Waals surface area contributed by atoms with Crippen LogP contribution in [0.4, 0.5) is 14.5 Å². The van der Waals surface area contributed by atoms with Crippen molar-refractivity contribution in [2.45, 2.75) is 36.2 Å². The number of aliphatic hydroxyl groups is 1. The Balaban J connectivity index is 2.34. The van der Waals surface area contributed by atoms with Crippen molar-refractivity contribution in [1.29, 1.82) is 0 Å². The normalized spacial score (nSPS) is 18.3. The number of nitrogens with two attached hydrogens (primary N) is 1. The molecule has 1 aliphatic rings. The highest BCUT2D eigenvalue weighted by Crippen LogP contribution is 2.32. The lowest BCUT2D eigenvalue weighted by Gasteiger charge is -2.28. The fraction of sp³-hybridized carbons (Fsp3) is 0.538. The van der Waals surface area contributed by atoms with Gasteiger partial charge in [0, 0.05) is 19.3 Å². The molecule has 0 aromatic heterocycles. The van der Waals surface area contributed by atoms with E-state index in [4.69, 9.17) is 5.73 Å². The van der Waals surface area contributed by atoms with Crippen molar-refractivity contribution in [3.8, 4) is 0 Å². The van der Waals surface area contributed by atoms with Gasteiger partial charge < -0.3 is 10.8 Å². The van der Waals surface area contributed by atoms with E-state index in [-0.39, 0.29) is 12.2 Å². The molecule has 118 valence electrons. The van der Waals surface area contributed by atoms with Crippen molar-refractivity contribution >= 4 is 15.7 Å². The standard InChI is InChI=1S/C13H18F2N2O3S/c1-17(8-13(18)4-2-3-5-13)21(19,20)12-10(14)6-9(16)7-11(12)15/h6-7,18H,2-5,8,16H2,1H3. The molecule has 0 atom stereocenters. The van der Waals surface area contributed by atoms with Crippen molar-refractivity contribution in [3.63, 3.8) is 0 Å². The Morgan fingerprint density at radius 2 is 1.76 bits per heavy atom. The SMILES string of the molecule is CN(CC1(O)CCCC1)S(=O)(=O)c1c(F)cc(N)cc1F. The van der Waals surface area contributed by atoms with Gasteiger partial charge in [-0.3, -0.25) is 0 Å². The summed E-state index contributed by atoms with van der Waals surface area (Å²) in [7, 11) is -3.18. The van der Waals surface area contributed by atoms with E-state index in [1.807, 2.05) is 0 Å². The van der Waals surface area contributed by atoms with Gasteiger partial charge in [0.1, 0.15) is 11.6 Å². The van der Waals surface area contributed by atoms with Crippen molar-refractivity contribution in [2.75, 3.05) is 19.3 Å². The molecular weight excluding hydrogens is 302 g/mol. The molecule has 0 amide bonds. The van der Waals surface area contributed by atoms with Crippen LogP contribution in [-0.2, 0) is 10.0 Å². The zero-order chi connectivity index (χ0) is 15.8. The summed E-state index contributed by atoms with van der Waals surface area (Å²) in [4.78, 5) is -1.04. The average molecular weight is 320 g/mol. The molecule has 0 aliphatic heterocycles. The second kappa shape index (κ2) is 5.51. The number of nitrogen functional groups attached to an aromatic ring is 1. The summed E-state index contributed by atoms with van der Waals surface area (Å²) in [6.07, 6.45) is 2.54. The maximum atomic E-state index is 13.8. The Bertz CT molecular complexity index is 620. The molecular formula is C13H18F2N2O3S. The first-order chi connectivity index (χ1) is 9.66. The van der Waals surface area contributed by atoms with Crippen molar-refractivity contribution in [3.05, 3.63) is 23.8 Å². The first-order valence-electron chi connectivity index (χ1n) is 6.59. The second-order valence-electron chi connectivity index (χ2n) is 5.51. The first-order valence-corrected chi connectivity index (χ1v) is 8.03. The Labute approximate surface area is 122 Å². The van der Waals surface area contributed by atoms with Gasteiger partial charge >= 0.3 is 0 Å². The van der Waals surface area contributed by atoms with Gasteiger partial charge in [0.2, 0.25) is 10.0 Å². The number of hydrogen-bond donors (Lipinski definition) is 2. The molecule has 2 rings (SSSR count). The minimum atomic E-state index is -4.37. The van der Waals surface area contributed by atoms with Crippen molar-refractivity contribution in [1.82, 2.24) is 4.31 Å². The van der Waals surface area contributed by atoms with E-state index in [9.17, 15) is 22.3 Å². The maximum absolute atomic E-state index is 13.8. The van der Waals surface area contributed by atoms with E-state index >= 15 is 0 Å². The summed E-state index contributed by atoms with van der Waals surface area (Å²) in [5.74, 6) is -2.48. The van der Waals surface area contributed by atoms with Crippen molar-refractivity contribution in [2.24, 2.45) is 0 Å². The number of nitrogens with zero attached hydrogens (tertiary/aromatic N) is 1. The van der Waals surface area contributed by atoms with E-state index in [2.05, 4.69) is 0 Å². The zero-order valence-electron chi connectivity index (χ0n) is 11.6. The first kappa shape index (κ1) is 16.1. The monoisotopic (exact) mass is 320 g/mol. The molecule has 1 aromatic rings. The number of benzene rings is 1. The minimum absolute atomic E-state index is 0.193. The van der Waals surface area contributed by atoms with Crippen molar-refractivity contribution < 1.29 is 22.3 Å². The summed E-state index contributed by atoms with van der Waals surface area (Å²) >= 11 is 0. The van der Waals surface area contributed by atoms with Gasteiger partial charge in [-0.2, -0.15) is 4.31 Å². The molecule has 5 nitrogen and oxygen atoms in total. The van der Waals surface area contributed by atoms with Crippen LogP contribution in [0.3, 0.4) is 0 Å². The van der Waals surface area contributed by atoms with Crippen LogP contribution in [0.2, 0.25) is 0 Å². The molecule has 1 saturated carbocycles. The average Bonchev–Trinajstić information content (AvgIpc) is 2.73. The number of anilines is 1. The highest BCUT2D eigenvalue weighted by molar-refractivity contribution is 7.89. The lowest BCUT2D eigenvalue weighted by Crippen LogP contribution is -2.42. The maximum Gasteiger partial charge on any atom is 0.248 e. The van der Waals surface area contributed by atoms with Crippen LogP contribution < -0.4 is 5.73 Å². The highest BCUT2D eigenvalue weighted by atomic mass is 32.2. The summed E-state index contributed by atoms with van der Waals surface area (Å²) in [5.41, 5.74) is 3.94. The molecule has 0 saturated heterocycles. The van der Waals surface area contributed by atoms with Gasteiger partial charge in [-0.15, -0.1) is 0 Å². The summed E-state index contributed by atoms with van der Waals surface area (Å²) < 4.78 is 53.0. The van der Waals surface area contributed by atoms with Gasteiger partial charge in [-0.1, -0.05) is 12.8 Å². The number of sulfonamides is 1. The lowest BCUT2D eigenvalue weighted by atomic mass is 10.0. The Hall–Kier alpha value is -1.25.